The molecule has 3 heteroatoms. The Morgan fingerprint density at radius 2 is 2.27 bits per heavy atom. The highest BCUT2D eigenvalue weighted by atomic mass is 16.5. The van der Waals surface area contributed by atoms with E-state index in [0.717, 1.165) is 26.0 Å². The van der Waals surface area contributed by atoms with Gasteiger partial charge in [0.05, 0.1) is 25.2 Å². The smallest absolute Gasteiger partial charge is 0.0674 e. The van der Waals surface area contributed by atoms with Crippen LogP contribution in [0.1, 0.15) is 40.0 Å². The minimum atomic E-state index is 0.306. The molecule has 3 atom stereocenters. The van der Waals surface area contributed by atoms with Crippen LogP contribution in [0.3, 0.4) is 0 Å². The third-order valence-electron chi connectivity index (χ3n) is 3.25. The Labute approximate surface area is 93.0 Å². The van der Waals surface area contributed by atoms with Crippen molar-refractivity contribution >= 4 is 0 Å². The summed E-state index contributed by atoms with van der Waals surface area (Å²) in [5, 5.41) is 8.82. The Morgan fingerprint density at radius 1 is 1.53 bits per heavy atom. The molecule has 1 rings (SSSR count). The van der Waals surface area contributed by atoms with Gasteiger partial charge >= 0.3 is 0 Å². The zero-order valence-corrected chi connectivity index (χ0v) is 10.1. The molecule has 0 spiro atoms. The number of rotatable bonds is 4. The molecule has 0 saturated carbocycles. The molecule has 0 N–H and O–H groups in total. The van der Waals surface area contributed by atoms with E-state index in [1.54, 1.807) is 0 Å². The Morgan fingerprint density at radius 3 is 2.80 bits per heavy atom. The van der Waals surface area contributed by atoms with Crippen LogP contribution in [0.5, 0.6) is 0 Å². The lowest BCUT2D eigenvalue weighted by atomic mass is 10.0. The summed E-state index contributed by atoms with van der Waals surface area (Å²) in [4.78, 5) is 2.47. The van der Waals surface area contributed by atoms with E-state index in [2.05, 4.69) is 31.7 Å². The van der Waals surface area contributed by atoms with Crippen molar-refractivity contribution in [3.05, 3.63) is 0 Å². The summed E-state index contributed by atoms with van der Waals surface area (Å²) in [6, 6.07) is 3.20. The van der Waals surface area contributed by atoms with Crippen LogP contribution in [-0.4, -0.2) is 36.2 Å². The summed E-state index contributed by atoms with van der Waals surface area (Å²) in [6.07, 6.45) is 3.10. The van der Waals surface area contributed by atoms with E-state index in [4.69, 9.17) is 10.00 Å². The molecular formula is C12H22N2O. The minimum absolute atomic E-state index is 0.306. The van der Waals surface area contributed by atoms with Crippen LogP contribution in [0, 0.1) is 11.3 Å². The second kappa shape index (κ2) is 6.09. The third kappa shape index (κ3) is 3.19. The minimum Gasteiger partial charge on any atom is -0.376 e. The highest BCUT2D eigenvalue weighted by molar-refractivity contribution is 4.88. The Balaban J connectivity index is 2.64. The number of nitriles is 1. The largest absolute Gasteiger partial charge is 0.376 e. The van der Waals surface area contributed by atoms with E-state index in [0.29, 0.717) is 24.6 Å². The van der Waals surface area contributed by atoms with Gasteiger partial charge in [-0.25, -0.2) is 0 Å². The Bertz CT molecular complexity index is 224. The van der Waals surface area contributed by atoms with Gasteiger partial charge in [-0.05, 0) is 19.8 Å². The summed E-state index contributed by atoms with van der Waals surface area (Å²) in [7, 11) is 0. The van der Waals surface area contributed by atoms with Crippen molar-refractivity contribution in [1.29, 1.82) is 5.26 Å². The van der Waals surface area contributed by atoms with Gasteiger partial charge in [-0.3, -0.25) is 4.90 Å². The average Bonchev–Trinajstić information content (AvgIpc) is 2.26. The lowest BCUT2D eigenvalue weighted by Crippen LogP contribution is -2.52. The van der Waals surface area contributed by atoms with Gasteiger partial charge in [-0.1, -0.05) is 13.8 Å². The molecular weight excluding hydrogens is 188 g/mol. The second-order valence-corrected chi connectivity index (χ2v) is 4.33. The Kier molecular flexibility index (Phi) is 5.07. The SMILES string of the molecule is CCC(CC#N)N1CC(C)OCC1CC. The fraction of sp³-hybridized carbons (Fsp3) is 0.917. The summed E-state index contributed by atoms with van der Waals surface area (Å²) < 4.78 is 5.66. The number of hydrogen-bond donors (Lipinski definition) is 0. The summed E-state index contributed by atoms with van der Waals surface area (Å²) >= 11 is 0. The highest BCUT2D eigenvalue weighted by Gasteiger charge is 2.30. The lowest BCUT2D eigenvalue weighted by molar-refractivity contribution is -0.0723. The van der Waals surface area contributed by atoms with E-state index in [-0.39, 0.29) is 0 Å². The first kappa shape index (κ1) is 12.5. The predicted octanol–water partition coefficient (Wildman–Crippen LogP) is 2.18. The van der Waals surface area contributed by atoms with E-state index >= 15 is 0 Å². The van der Waals surface area contributed by atoms with Crippen molar-refractivity contribution in [3.8, 4) is 6.07 Å². The molecule has 1 saturated heterocycles. The summed E-state index contributed by atoms with van der Waals surface area (Å²) in [5.41, 5.74) is 0. The van der Waals surface area contributed by atoms with Crippen LogP contribution in [0.4, 0.5) is 0 Å². The normalized spacial score (nSPS) is 29.7. The van der Waals surface area contributed by atoms with Gasteiger partial charge in [-0.15, -0.1) is 0 Å². The average molecular weight is 210 g/mol. The first-order valence-corrected chi connectivity index (χ1v) is 5.97. The van der Waals surface area contributed by atoms with E-state index in [9.17, 15) is 0 Å². The first-order chi connectivity index (χ1) is 7.22. The van der Waals surface area contributed by atoms with Crippen molar-refractivity contribution < 1.29 is 4.74 Å². The lowest BCUT2D eigenvalue weighted by Gasteiger charge is -2.42. The van der Waals surface area contributed by atoms with Crippen molar-refractivity contribution in [2.24, 2.45) is 0 Å². The van der Waals surface area contributed by atoms with Gasteiger partial charge in [0.25, 0.3) is 0 Å². The predicted molar refractivity (Wildman–Crippen MR) is 60.5 cm³/mol. The maximum atomic E-state index is 8.82. The molecule has 3 unspecified atom stereocenters. The molecule has 0 aromatic carbocycles. The van der Waals surface area contributed by atoms with Gasteiger partial charge in [0.2, 0.25) is 0 Å². The maximum Gasteiger partial charge on any atom is 0.0674 e. The Hall–Kier alpha value is -0.590. The summed E-state index contributed by atoms with van der Waals surface area (Å²) in [5.74, 6) is 0. The molecule has 3 nitrogen and oxygen atoms in total. The van der Waals surface area contributed by atoms with E-state index in [1.807, 2.05) is 0 Å². The quantitative estimate of drug-likeness (QED) is 0.713. The van der Waals surface area contributed by atoms with Gasteiger partial charge in [0.1, 0.15) is 0 Å². The molecule has 0 amide bonds. The summed E-state index contributed by atoms with van der Waals surface area (Å²) in [6.45, 7) is 8.25. The molecule has 0 radical (unpaired) electrons. The molecule has 1 heterocycles. The van der Waals surface area contributed by atoms with Gasteiger partial charge in [0, 0.05) is 18.6 Å². The van der Waals surface area contributed by atoms with E-state index in [1.165, 1.54) is 0 Å². The van der Waals surface area contributed by atoms with Crippen LogP contribution >= 0.6 is 0 Å². The number of hydrogen-bond acceptors (Lipinski definition) is 3. The molecule has 0 bridgehead atoms. The van der Waals surface area contributed by atoms with Crippen LogP contribution < -0.4 is 0 Å². The van der Waals surface area contributed by atoms with Crippen molar-refractivity contribution in [2.45, 2.75) is 58.2 Å². The maximum absolute atomic E-state index is 8.82. The van der Waals surface area contributed by atoms with Crippen LogP contribution in [0.25, 0.3) is 0 Å². The van der Waals surface area contributed by atoms with Gasteiger partial charge < -0.3 is 4.74 Å². The molecule has 0 aromatic heterocycles. The fourth-order valence-electron chi connectivity index (χ4n) is 2.27. The van der Waals surface area contributed by atoms with Crippen molar-refractivity contribution in [2.75, 3.05) is 13.2 Å². The van der Waals surface area contributed by atoms with Crippen LogP contribution in [0.2, 0.25) is 0 Å². The number of nitrogens with zero attached hydrogens (tertiary/aromatic N) is 2. The van der Waals surface area contributed by atoms with Crippen molar-refractivity contribution in [1.82, 2.24) is 4.90 Å². The zero-order chi connectivity index (χ0) is 11.3. The molecule has 15 heavy (non-hydrogen) atoms. The van der Waals surface area contributed by atoms with E-state index < -0.39 is 0 Å². The molecule has 0 aromatic rings. The van der Waals surface area contributed by atoms with Crippen molar-refractivity contribution in [3.63, 3.8) is 0 Å². The molecule has 1 aliphatic rings. The van der Waals surface area contributed by atoms with Crippen LogP contribution in [0.15, 0.2) is 0 Å². The highest BCUT2D eigenvalue weighted by Crippen LogP contribution is 2.20. The number of morpholine rings is 1. The zero-order valence-electron chi connectivity index (χ0n) is 10.1. The molecule has 1 fully saturated rings. The second-order valence-electron chi connectivity index (χ2n) is 4.33. The topological polar surface area (TPSA) is 36.3 Å². The third-order valence-corrected chi connectivity index (χ3v) is 3.25. The van der Waals surface area contributed by atoms with Gasteiger partial charge in [0.15, 0.2) is 0 Å². The first-order valence-electron chi connectivity index (χ1n) is 5.97. The molecule has 1 aliphatic heterocycles. The monoisotopic (exact) mass is 210 g/mol. The molecule has 86 valence electrons. The standard InChI is InChI=1S/C12H22N2O/c1-4-11(6-7-13)14-8-10(3)15-9-12(14)5-2/h10-12H,4-6,8-9H2,1-3H3. The molecule has 0 aliphatic carbocycles. The number of ether oxygens (including phenoxy) is 1. The van der Waals surface area contributed by atoms with Crippen LogP contribution in [-0.2, 0) is 4.74 Å². The fourth-order valence-corrected chi connectivity index (χ4v) is 2.27. The van der Waals surface area contributed by atoms with Gasteiger partial charge in [-0.2, -0.15) is 5.26 Å².